The van der Waals surface area contributed by atoms with Crippen LogP contribution in [-0.4, -0.2) is 37.0 Å². The van der Waals surface area contributed by atoms with E-state index in [9.17, 15) is 14.4 Å². The second-order valence-electron chi connectivity index (χ2n) is 8.76. The van der Waals surface area contributed by atoms with Gasteiger partial charge in [0.05, 0.1) is 18.8 Å². The van der Waals surface area contributed by atoms with Crippen molar-refractivity contribution >= 4 is 34.9 Å². The van der Waals surface area contributed by atoms with Gasteiger partial charge in [-0.05, 0) is 36.4 Å². The van der Waals surface area contributed by atoms with E-state index in [0.717, 1.165) is 32.5 Å². The molecule has 1 fully saturated rings. The number of rotatable bonds is 7. The third-order valence-electron chi connectivity index (χ3n) is 6.03. The third kappa shape index (κ3) is 7.57. The Balaban J connectivity index is 1.15. The highest BCUT2D eigenvalue weighted by Gasteiger charge is 2.25. The third-order valence-corrected chi connectivity index (χ3v) is 6.03. The van der Waals surface area contributed by atoms with E-state index < -0.39 is 11.8 Å². The van der Waals surface area contributed by atoms with E-state index in [1.165, 1.54) is 10.5 Å². The molecule has 9 heteroatoms. The number of hydrogen-bond acceptors (Lipinski definition) is 4. The average molecular weight is 488 g/mol. The van der Waals surface area contributed by atoms with Gasteiger partial charge in [0, 0.05) is 35.8 Å². The van der Waals surface area contributed by atoms with Gasteiger partial charge in [-0.2, -0.15) is 0 Å². The van der Waals surface area contributed by atoms with Crippen LogP contribution in [-0.2, 0) is 16.1 Å². The van der Waals surface area contributed by atoms with E-state index in [1.54, 1.807) is 36.4 Å². The number of anilines is 3. The van der Waals surface area contributed by atoms with Gasteiger partial charge >= 0.3 is 17.8 Å². The Morgan fingerprint density at radius 3 is 1.89 bits per heavy atom. The van der Waals surface area contributed by atoms with Crippen LogP contribution < -0.4 is 31.7 Å². The molecule has 3 aromatic carbocycles. The van der Waals surface area contributed by atoms with Crippen LogP contribution in [0.25, 0.3) is 0 Å². The normalized spacial score (nSPS) is 16.9. The van der Waals surface area contributed by atoms with E-state index in [-0.39, 0.29) is 12.1 Å². The summed E-state index contributed by atoms with van der Waals surface area (Å²) < 4.78 is 0. The molecule has 0 atom stereocenters. The molecule has 9 nitrogen and oxygen atoms in total. The first-order valence-corrected chi connectivity index (χ1v) is 12.0. The van der Waals surface area contributed by atoms with Crippen LogP contribution in [0.5, 0.6) is 0 Å². The minimum atomic E-state index is -0.751. The maximum absolute atomic E-state index is 12.3. The minimum absolute atomic E-state index is 0.00448. The first-order chi connectivity index (χ1) is 17.5. The van der Waals surface area contributed by atoms with Crippen molar-refractivity contribution in [3.8, 4) is 0 Å². The number of piperidine rings is 1. The molecule has 1 aliphatic heterocycles. The molecule has 0 aromatic heterocycles. The van der Waals surface area contributed by atoms with Gasteiger partial charge in [0.2, 0.25) is 0 Å². The maximum Gasteiger partial charge on any atom is 0.327 e. The number of carbonyl (C=O) groups is 3. The zero-order valence-electron chi connectivity index (χ0n) is 19.9. The van der Waals surface area contributed by atoms with Crippen LogP contribution in [0.3, 0.4) is 0 Å². The predicted molar refractivity (Wildman–Crippen MR) is 139 cm³/mol. The van der Waals surface area contributed by atoms with Gasteiger partial charge in [0.1, 0.15) is 6.54 Å². The number of likely N-dealkylation sites (tertiary alicyclic amines) is 1. The first kappa shape index (κ1) is 24.7. The highest BCUT2D eigenvalue weighted by atomic mass is 16.2. The fourth-order valence-electron chi connectivity index (χ4n) is 4.12. The fourth-order valence-corrected chi connectivity index (χ4v) is 4.12. The highest BCUT2D eigenvalue weighted by Crippen LogP contribution is 2.14. The Kier molecular flexibility index (Phi) is 8.50. The van der Waals surface area contributed by atoms with Crippen molar-refractivity contribution in [1.29, 1.82) is 0 Å². The van der Waals surface area contributed by atoms with Crippen molar-refractivity contribution in [1.82, 2.24) is 10.7 Å². The summed E-state index contributed by atoms with van der Waals surface area (Å²) in [5, 5.41) is 8.30. The Labute approximate surface area is 210 Å². The molecule has 0 unspecified atom stereocenters. The van der Waals surface area contributed by atoms with Gasteiger partial charge < -0.3 is 20.9 Å². The number of quaternary nitrogens is 1. The molecule has 6 N–H and O–H groups in total. The van der Waals surface area contributed by atoms with Gasteiger partial charge in [-0.15, -0.1) is 0 Å². The highest BCUT2D eigenvalue weighted by molar-refractivity contribution is 6.35. The van der Waals surface area contributed by atoms with Gasteiger partial charge in [0.15, 0.2) is 0 Å². The summed E-state index contributed by atoms with van der Waals surface area (Å²) in [6.45, 7) is 2.87. The van der Waals surface area contributed by atoms with Crippen molar-refractivity contribution in [2.75, 3.05) is 29.1 Å². The number of amides is 4. The molecule has 36 heavy (non-hydrogen) atoms. The summed E-state index contributed by atoms with van der Waals surface area (Å²) in [5.41, 5.74) is 8.29. The van der Waals surface area contributed by atoms with Crippen molar-refractivity contribution in [2.45, 2.75) is 25.4 Å². The van der Waals surface area contributed by atoms with E-state index >= 15 is 0 Å². The molecule has 1 heterocycles. The molecule has 0 aliphatic carbocycles. The van der Waals surface area contributed by atoms with E-state index in [4.69, 9.17) is 0 Å². The molecule has 4 amide bonds. The number of para-hydroxylation sites is 1. The van der Waals surface area contributed by atoms with Crippen molar-refractivity contribution in [3.63, 3.8) is 0 Å². The summed E-state index contributed by atoms with van der Waals surface area (Å²) in [4.78, 5) is 38.1. The average Bonchev–Trinajstić information content (AvgIpc) is 2.90. The number of hydrazine groups is 1. The summed E-state index contributed by atoms with van der Waals surface area (Å²) >= 11 is 0. The zero-order chi connectivity index (χ0) is 25.2. The summed E-state index contributed by atoms with van der Waals surface area (Å²) in [5.74, 6) is -1.41. The van der Waals surface area contributed by atoms with Gasteiger partial charge in [-0.3, -0.25) is 20.4 Å². The number of benzene rings is 3. The van der Waals surface area contributed by atoms with Gasteiger partial charge in [0.25, 0.3) is 0 Å². The van der Waals surface area contributed by atoms with Crippen LogP contribution >= 0.6 is 0 Å². The summed E-state index contributed by atoms with van der Waals surface area (Å²) in [6.07, 6.45) is 1.67. The Morgan fingerprint density at radius 1 is 0.694 bits per heavy atom. The molecule has 4 rings (SSSR count). The number of hydrogen-bond donors (Lipinski definition) is 6. The minimum Gasteiger partial charge on any atom is -0.345 e. The molecule has 186 valence electrons. The first-order valence-electron chi connectivity index (χ1n) is 12.0. The van der Waals surface area contributed by atoms with Gasteiger partial charge in [-0.1, -0.05) is 48.5 Å². The van der Waals surface area contributed by atoms with Crippen molar-refractivity contribution < 1.29 is 19.3 Å². The van der Waals surface area contributed by atoms with Crippen LogP contribution in [0.15, 0.2) is 84.9 Å². The topological polar surface area (TPSA) is 116 Å². The van der Waals surface area contributed by atoms with E-state index in [0.29, 0.717) is 17.1 Å². The number of nitrogens with one attached hydrogen (secondary N) is 6. The molecule has 0 radical (unpaired) electrons. The van der Waals surface area contributed by atoms with Gasteiger partial charge in [-0.25, -0.2) is 4.79 Å². The Bertz CT molecular complexity index is 1150. The standard InChI is InChI=1S/C27H30N6O3/c34-25(28-23-15-17-33(18-16-23)19-20-7-3-1-4-8-20)26(35)32-31-24-13-11-22(12-14-24)30-27(36)29-21-9-5-2-6-10-21/h1-14,23,31H,15-19H2,(H,28,34)(H,32,35)(H2,29,30,36)/p+1. The Morgan fingerprint density at radius 2 is 1.25 bits per heavy atom. The quantitative estimate of drug-likeness (QED) is 0.226. The molecule has 3 aromatic rings. The van der Waals surface area contributed by atoms with Crippen LogP contribution in [0.4, 0.5) is 21.9 Å². The smallest absolute Gasteiger partial charge is 0.327 e. The molecule has 1 saturated heterocycles. The maximum atomic E-state index is 12.3. The Hall–Kier alpha value is -4.37. The molecule has 0 saturated carbocycles. The molecule has 1 aliphatic rings. The second-order valence-corrected chi connectivity index (χ2v) is 8.76. The zero-order valence-corrected chi connectivity index (χ0v) is 19.9. The lowest BCUT2D eigenvalue weighted by molar-refractivity contribution is -0.918. The largest absolute Gasteiger partial charge is 0.345 e. The van der Waals surface area contributed by atoms with E-state index in [1.807, 2.05) is 36.4 Å². The molecule has 0 spiro atoms. The summed E-state index contributed by atoms with van der Waals surface area (Å²) in [6, 6.07) is 25.9. The second kappa shape index (κ2) is 12.4. The molecular weight excluding hydrogens is 456 g/mol. The van der Waals surface area contributed by atoms with Crippen LogP contribution in [0, 0.1) is 0 Å². The fraction of sp³-hybridized carbons (Fsp3) is 0.222. The number of carbonyl (C=O) groups excluding carboxylic acids is 3. The lowest BCUT2D eigenvalue weighted by atomic mass is 10.0. The predicted octanol–water partition coefficient (Wildman–Crippen LogP) is 2.14. The lowest BCUT2D eigenvalue weighted by Crippen LogP contribution is -3.12. The monoisotopic (exact) mass is 487 g/mol. The molecule has 0 bridgehead atoms. The van der Waals surface area contributed by atoms with Crippen LogP contribution in [0.2, 0.25) is 0 Å². The SMILES string of the molecule is O=C(Nc1ccccc1)Nc1ccc(NNC(=O)C(=O)NC2CC[NH+](Cc3ccccc3)CC2)cc1. The van der Waals surface area contributed by atoms with E-state index in [2.05, 4.69) is 38.9 Å². The summed E-state index contributed by atoms with van der Waals surface area (Å²) in [7, 11) is 0. The molecular formula is C27H31N6O3+. The van der Waals surface area contributed by atoms with Crippen molar-refractivity contribution in [2.24, 2.45) is 0 Å². The van der Waals surface area contributed by atoms with Crippen LogP contribution in [0.1, 0.15) is 18.4 Å². The lowest BCUT2D eigenvalue weighted by Gasteiger charge is -2.29. The van der Waals surface area contributed by atoms with Crippen molar-refractivity contribution in [3.05, 3.63) is 90.5 Å². The number of urea groups is 1.